The van der Waals surface area contributed by atoms with Crippen molar-refractivity contribution in [1.82, 2.24) is 5.32 Å². The Hall–Kier alpha value is -2.65. The normalized spacial score (nSPS) is 19.5. The second kappa shape index (κ2) is 7.64. The van der Waals surface area contributed by atoms with Gasteiger partial charge in [0, 0.05) is 30.2 Å². The summed E-state index contributed by atoms with van der Waals surface area (Å²) in [6.07, 6.45) is -4.77. The number of hydrogen-bond acceptors (Lipinski definition) is 3. The third-order valence-electron chi connectivity index (χ3n) is 4.55. The molecule has 1 atom stereocenters. The molecule has 0 aromatic heterocycles. The molecule has 0 radical (unpaired) electrons. The zero-order valence-electron chi connectivity index (χ0n) is 14.8. The molecule has 0 spiro atoms. The number of alkyl halides is 3. The van der Waals surface area contributed by atoms with E-state index in [1.54, 1.807) is 0 Å². The molecule has 1 aliphatic rings. The molecule has 5 nitrogen and oxygen atoms in total. The summed E-state index contributed by atoms with van der Waals surface area (Å²) < 4.78 is 51.4. The molecule has 2 amide bonds. The van der Waals surface area contributed by atoms with Crippen LogP contribution in [0.2, 0.25) is 5.02 Å². The summed E-state index contributed by atoms with van der Waals surface area (Å²) in [6, 6.07) is 7.46. The van der Waals surface area contributed by atoms with Crippen LogP contribution in [-0.4, -0.2) is 29.1 Å². The van der Waals surface area contributed by atoms with Crippen molar-refractivity contribution in [2.45, 2.75) is 24.7 Å². The van der Waals surface area contributed by atoms with E-state index < -0.39 is 35.0 Å². The van der Waals surface area contributed by atoms with Crippen LogP contribution in [0.1, 0.15) is 17.5 Å². The fraction of sp³-hybridized carbons (Fsp3) is 0.263. The molecular weight excluding hydrogens is 416 g/mol. The van der Waals surface area contributed by atoms with Crippen LogP contribution in [0, 0.1) is 5.82 Å². The van der Waals surface area contributed by atoms with Crippen LogP contribution >= 0.6 is 11.6 Å². The van der Waals surface area contributed by atoms with Gasteiger partial charge in [0.1, 0.15) is 5.82 Å². The molecule has 0 saturated carbocycles. The number of nitrogens with one attached hydrogen (secondary N) is 1. The number of carbonyl (C=O) groups excluding carboxylic acids is 2. The summed E-state index contributed by atoms with van der Waals surface area (Å²) >= 11 is 5.74. The van der Waals surface area contributed by atoms with Crippen LogP contribution in [0.3, 0.4) is 0 Å². The molecule has 2 aromatic rings. The predicted molar refractivity (Wildman–Crippen MR) is 96.6 cm³/mol. The molecule has 3 rings (SSSR count). The largest absolute Gasteiger partial charge is 0.416 e. The molecule has 1 fully saturated rings. The second-order valence-electron chi connectivity index (χ2n) is 6.57. The lowest BCUT2D eigenvalue weighted by Gasteiger charge is -2.22. The van der Waals surface area contributed by atoms with Gasteiger partial charge in [-0.2, -0.15) is 13.2 Å². The van der Waals surface area contributed by atoms with Crippen molar-refractivity contribution in [2.24, 2.45) is 0 Å². The predicted octanol–water partition coefficient (Wildman–Crippen LogP) is 3.28. The highest BCUT2D eigenvalue weighted by atomic mass is 35.5. The monoisotopic (exact) mass is 430 g/mol. The molecule has 1 saturated heterocycles. The van der Waals surface area contributed by atoms with Crippen molar-refractivity contribution >= 4 is 29.1 Å². The molecule has 0 aliphatic carbocycles. The quantitative estimate of drug-likeness (QED) is 0.578. The lowest BCUT2D eigenvalue weighted by Crippen LogP contribution is -2.52. The van der Waals surface area contributed by atoms with E-state index in [2.05, 4.69) is 5.32 Å². The van der Waals surface area contributed by atoms with Crippen molar-refractivity contribution < 1.29 is 32.3 Å². The Kier molecular flexibility index (Phi) is 5.55. The molecule has 0 unspecified atom stereocenters. The first-order valence-electron chi connectivity index (χ1n) is 8.45. The van der Waals surface area contributed by atoms with Gasteiger partial charge in [-0.05, 0) is 48.0 Å². The maximum Gasteiger partial charge on any atom is 0.416 e. The Labute approximate surface area is 167 Å². The molecule has 10 heteroatoms. The van der Waals surface area contributed by atoms with Crippen molar-refractivity contribution in [3.63, 3.8) is 0 Å². The lowest BCUT2D eigenvalue weighted by molar-refractivity contribution is -0.149. The fourth-order valence-electron chi connectivity index (χ4n) is 3.03. The highest BCUT2D eigenvalue weighted by Crippen LogP contribution is 2.33. The lowest BCUT2D eigenvalue weighted by atomic mass is 10.0. The Bertz CT molecular complexity index is 929. The fourth-order valence-corrected chi connectivity index (χ4v) is 3.28. The van der Waals surface area contributed by atoms with Crippen molar-refractivity contribution in [3.8, 4) is 0 Å². The standard InChI is InChI=1S/C19H15ClF4N2O3/c20-13-7-11(8-14(21)9-13)10-25-16(27)18(29)5-6-26(17(18)28)15-3-1-12(2-4-15)19(22,23)24/h1-4,7-9,29H,5-6,10H2,(H,25,27)/t18-/m1/s1. The number of halogens is 5. The summed E-state index contributed by atoms with van der Waals surface area (Å²) in [5, 5.41) is 13.0. The van der Waals surface area contributed by atoms with Gasteiger partial charge in [0.05, 0.1) is 5.56 Å². The number of rotatable bonds is 4. The number of amides is 2. The number of carbonyl (C=O) groups is 2. The van der Waals surface area contributed by atoms with Gasteiger partial charge in [-0.15, -0.1) is 0 Å². The Morgan fingerprint density at radius 1 is 1.21 bits per heavy atom. The first-order valence-corrected chi connectivity index (χ1v) is 8.83. The van der Waals surface area contributed by atoms with Crippen LogP contribution in [0.15, 0.2) is 42.5 Å². The first-order chi connectivity index (χ1) is 13.5. The van der Waals surface area contributed by atoms with Gasteiger partial charge in [-0.25, -0.2) is 4.39 Å². The Morgan fingerprint density at radius 2 is 1.86 bits per heavy atom. The SMILES string of the molecule is O=C(NCc1cc(F)cc(Cl)c1)[C@]1(O)CCN(c2ccc(C(F)(F)F)cc2)C1=O. The van der Waals surface area contributed by atoms with E-state index in [0.717, 1.165) is 41.3 Å². The zero-order chi connectivity index (χ0) is 21.4. The molecule has 2 aromatic carbocycles. The van der Waals surface area contributed by atoms with E-state index in [4.69, 9.17) is 11.6 Å². The van der Waals surface area contributed by atoms with Gasteiger partial charge in [0.15, 0.2) is 0 Å². The van der Waals surface area contributed by atoms with Gasteiger partial charge in [0.2, 0.25) is 5.60 Å². The minimum atomic E-state index is -4.52. The van der Waals surface area contributed by atoms with Crippen molar-refractivity contribution in [2.75, 3.05) is 11.4 Å². The van der Waals surface area contributed by atoms with E-state index in [1.165, 1.54) is 6.07 Å². The van der Waals surface area contributed by atoms with Gasteiger partial charge in [0.25, 0.3) is 11.8 Å². The summed E-state index contributed by atoms with van der Waals surface area (Å²) in [4.78, 5) is 26.0. The average Bonchev–Trinajstić information content (AvgIpc) is 2.94. The minimum Gasteiger partial charge on any atom is -0.372 e. The van der Waals surface area contributed by atoms with Crippen molar-refractivity contribution in [1.29, 1.82) is 0 Å². The molecule has 1 heterocycles. The van der Waals surface area contributed by atoms with Gasteiger partial charge in [-0.1, -0.05) is 11.6 Å². The van der Waals surface area contributed by atoms with E-state index in [-0.39, 0.29) is 30.2 Å². The summed E-state index contributed by atoms with van der Waals surface area (Å²) in [7, 11) is 0. The third kappa shape index (κ3) is 4.35. The van der Waals surface area contributed by atoms with Crippen LogP contribution < -0.4 is 10.2 Å². The molecule has 1 aliphatic heterocycles. The van der Waals surface area contributed by atoms with Gasteiger partial charge >= 0.3 is 6.18 Å². The van der Waals surface area contributed by atoms with E-state index in [1.807, 2.05) is 0 Å². The number of hydrogen-bond donors (Lipinski definition) is 2. The Morgan fingerprint density at radius 3 is 2.45 bits per heavy atom. The first kappa shape index (κ1) is 21.1. The maximum atomic E-state index is 13.4. The highest BCUT2D eigenvalue weighted by molar-refractivity contribution is 6.30. The molecule has 29 heavy (non-hydrogen) atoms. The van der Waals surface area contributed by atoms with Crippen LogP contribution in [0.4, 0.5) is 23.2 Å². The van der Waals surface area contributed by atoms with Crippen LogP contribution in [0.25, 0.3) is 0 Å². The highest BCUT2D eigenvalue weighted by Gasteiger charge is 2.51. The number of anilines is 1. The average molecular weight is 431 g/mol. The maximum absolute atomic E-state index is 13.4. The zero-order valence-corrected chi connectivity index (χ0v) is 15.5. The number of benzene rings is 2. The number of nitrogens with zero attached hydrogens (tertiary/aromatic N) is 1. The van der Waals surface area contributed by atoms with E-state index in [0.29, 0.717) is 5.56 Å². The second-order valence-corrected chi connectivity index (χ2v) is 7.01. The van der Waals surface area contributed by atoms with E-state index in [9.17, 15) is 32.3 Å². The molecule has 154 valence electrons. The Balaban J connectivity index is 1.70. The van der Waals surface area contributed by atoms with Gasteiger partial charge in [-0.3, -0.25) is 9.59 Å². The molecule has 0 bridgehead atoms. The summed E-state index contributed by atoms with van der Waals surface area (Å²) in [5.41, 5.74) is -2.80. The van der Waals surface area contributed by atoms with Crippen LogP contribution in [0.5, 0.6) is 0 Å². The van der Waals surface area contributed by atoms with Gasteiger partial charge < -0.3 is 15.3 Å². The summed E-state index contributed by atoms with van der Waals surface area (Å²) in [6.45, 7) is -0.230. The molecular formula is C19H15ClF4N2O3. The third-order valence-corrected chi connectivity index (χ3v) is 4.77. The number of aliphatic hydroxyl groups is 1. The summed E-state index contributed by atoms with van der Waals surface area (Å²) in [5.74, 6) is -2.55. The minimum absolute atomic E-state index is 0.0556. The molecule has 2 N–H and O–H groups in total. The van der Waals surface area contributed by atoms with Crippen LogP contribution in [-0.2, 0) is 22.3 Å². The van der Waals surface area contributed by atoms with E-state index >= 15 is 0 Å². The smallest absolute Gasteiger partial charge is 0.372 e. The van der Waals surface area contributed by atoms with Crippen molar-refractivity contribution in [3.05, 3.63) is 64.4 Å². The topological polar surface area (TPSA) is 69.6 Å².